The van der Waals surface area contributed by atoms with Gasteiger partial charge in [-0.15, -0.1) is 0 Å². The lowest BCUT2D eigenvalue weighted by atomic mass is 9.80. The molecule has 0 heterocycles. The molecule has 0 aliphatic heterocycles. The first-order valence-corrected chi connectivity index (χ1v) is 8.06. The number of benzene rings is 1. The second kappa shape index (κ2) is 6.78. The minimum absolute atomic E-state index is 0.0787. The second-order valence-electron chi connectivity index (χ2n) is 6.66. The first-order chi connectivity index (χ1) is 9.92. The van der Waals surface area contributed by atoms with Crippen LogP contribution in [-0.4, -0.2) is 13.2 Å². The molecule has 21 heavy (non-hydrogen) atoms. The highest BCUT2D eigenvalue weighted by atomic mass is 19.1. The molecule has 1 saturated carbocycles. The zero-order valence-corrected chi connectivity index (χ0v) is 13.9. The lowest BCUT2D eigenvalue weighted by molar-refractivity contribution is 0.0991. The van der Waals surface area contributed by atoms with Gasteiger partial charge in [0.05, 0.1) is 6.10 Å². The lowest BCUT2D eigenvalue weighted by Crippen LogP contribution is -2.29. The summed E-state index contributed by atoms with van der Waals surface area (Å²) in [6, 6.07) is 3.54. The normalized spacial score (nSPS) is 27.4. The van der Waals surface area contributed by atoms with Crippen LogP contribution in [0.4, 0.5) is 4.39 Å². The van der Waals surface area contributed by atoms with Gasteiger partial charge in [-0.3, -0.25) is 0 Å². The monoisotopic (exact) mass is 293 g/mol. The van der Waals surface area contributed by atoms with E-state index >= 15 is 0 Å². The molecule has 3 heteroatoms. The van der Waals surface area contributed by atoms with Crippen molar-refractivity contribution in [1.29, 1.82) is 0 Å². The Morgan fingerprint density at radius 3 is 2.57 bits per heavy atom. The zero-order chi connectivity index (χ0) is 15.6. The Balaban J connectivity index is 2.20. The van der Waals surface area contributed by atoms with Gasteiger partial charge in [-0.1, -0.05) is 13.8 Å². The Labute approximate surface area is 128 Å². The van der Waals surface area contributed by atoms with Crippen molar-refractivity contribution in [2.45, 2.75) is 59.1 Å². The molecule has 0 saturated heterocycles. The summed E-state index contributed by atoms with van der Waals surface area (Å²) in [5.74, 6) is 2.14. The van der Waals surface area contributed by atoms with Crippen molar-refractivity contribution in [3.05, 3.63) is 29.1 Å². The van der Waals surface area contributed by atoms with Gasteiger partial charge in [0.2, 0.25) is 0 Å². The molecule has 0 spiro atoms. The van der Waals surface area contributed by atoms with Crippen LogP contribution in [0.2, 0.25) is 0 Å². The fourth-order valence-electron chi connectivity index (χ4n) is 3.05. The summed E-state index contributed by atoms with van der Waals surface area (Å²) in [6.07, 6.45) is 3.65. The molecule has 0 amide bonds. The first-order valence-electron chi connectivity index (χ1n) is 8.06. The molecule has 1 N–H and O–H groups in total. The SMILES string of the molecule is CNC(C)c1cc(F)c(C)cc1OC1CCC(C)C(C)C1. The van der Waals surface area contributed by atoms with Crippen molar-refractivity contribution in [1.82, 2.24) is 5.32 Å². The third kappa shape index (κ3) is 3.76. The predicted molar refractivity (Wildman–Crippen MR) is 85.2 cm³/mol. The van der Waals surface area contributed by atoms with E-state index in [0.29, 0.717) is 11.5 Å². The summed E-state index contributed by atoms with van der Waals surface area (Å²) < 4.78 is 20.1. The summed E-state index contributed by atoms with van der Waals surface area (Å²) in [6.45, 7) is 8.44. The molecule has 0 radical (unpaired) electrons. The molecule has 2 nitrogen and oxygen atoms in total. The summed E-state index contributed by atoms with van der Waals surface area (Å²) in [5.41, 5.74) is 1.56. The summed E-state index contributed by atoms with van der Waals surface area (Å²) in [5, 5.41) is 3.17. The van der Waals surface area contributed by atoms with Crippen molar-refractivity contribution >= 4 is 0 Å². The van der Waals surface area contributed by atoms with E-state index in [1.165, 1.54) is 6.42 Å². The van der Waals surface area contributed by atoms with Crippen LogP contribution in [0.15, 0.2) is 12.1 Å². The van der Waals surface area contributed by atoms with Crippen LogP contribution < -0.4 is 10.1 Å². The highest BCUT2D eigenvalue weighted by Crippen LogP contribution is 2.35. The van der Waals surface area contributed by atoms with Crippen LogP contribution in [-0.2, 0) is 0 Å². The maximum atomic E-state index is 13.9. The Morgan fingerprint density at radius 1 is 1.24 bits per heavy atom. The maximum absolute atomic E-state index is 13.9. The van der Waals surface area contributed by atoms with E-state index in [1.807, 2.05) is 20.0 Å². The number of hydrogen-bond donors (Lipinski definition) is 1. The highest BCUT2D eigenvalue weighted by molar-refractivity contribution is 5.40. The van der Waals surface area contributed by atoms with E-state index in [0.717, 1.165) is 30.1 Å². The molecule has 4 unspecified atom stereocenters. The van der Waals surface area contributed by atoms with Crippen molar-refractivity contribution in [2.24, 2.45) is 11.8 Å². The predicted octanol–water partition coefficient (Wildman–Crippen LogP) is 4.62. The van der Waals surface area contributed by atoms with Gasteiger partial charge in [-0.25, -0.2) is 4.39 Å². The van der Waals surface area contributed by atoms with Crippen LogP contribution in [0.3, 0.4) is 0 Å². The summed E-state index contributed by atoms with van der Waals surface area (Å²) >= 11 is 0. The average molecular weight is 293 g/mol. The highest BCUT2D eigenvalue weighted by Gasteiger charge is 2.27. The minimum Gasteiger partial charge on any atom is -0.490 e. The Morgan fingerprint density at radius 2 is 1.95 bits per heavy atom. The van der Waals surface area contributed by atoms with Crippen molar-refractivity contribution < 1.29 is 9.13 Å². The van der Waals surface area contributed by atoms with Crippen LogP contribution in [0.25, 0.3) is 0 Å². The van der Waals surface area contributed by atoms with E-state index in [4.69, 9.17) is 4.74 Å². The van der Waals surface area contributed by atoms with Crippen LogP contribution in [0.1, 0.15) is 57.2 Å². The van der Waals surface area contributed by atoms with Gasteiger partial charge >= 0.3 is 0 Å². The molecule has 2 rings (SSSR count). The molecule has 1 aliphatic carbocycles. The topological polar surface area (TPSA) is 21.3 Å². The van der Waals surface area contributed by atoms with Gasteiger partial charge in [0.1, 0.15) is 11.6 Å². The Kier molecular flexibility index (Phi) is 5.26. The van der Waals surface area contributed by atoms with Gasteiger partial charge in [-0.2, -0.15) is 0 Å². The van der Waals surface area contributed by atoms with Crippen LogP contribution >= 0.6 is 0 Å². The molecule has 1 fully saturated rings. The molecule has 118 valence electrons. The summed E-state index contributed by atoms with van der Waals surface area (Å²) in [7, 11) is 1.89. The molecule has 1 aromatic carbocycles. The third-order valence-electron chi connectivity index (χ3n) is 5.03. The van der Waals surface area contributed by atoms with Gasteiger partial charge < -0.3 is 10.1 Å². The van der Waals surface area contributed by atoms with E-state index in [1.54, 1.807) is 13.0 Å². The van der Waals surface area contributed by atoms with E-state index in [2.05, 4.69) is 19.2 Å². The number of hydrogen-bond acceptors (Lipinski definition) is 2. The minimum atomic E-state index is -0.162. The molecular formula is C18H28FNO. The van der Waals surface area contributed by atoms with Crippen molar-refractivity contribution in [3.8, 4) is 5.75 Å². The largest absolute Gasteiger partial charge is 0.490 e. The molecule has 1 aromatic rings. The number of nitrogens with one attached hydrogen (secondary N) is 1. The number of halogens is 1. The molecule has 0 aromatic heterocycles. The van der Waals surface area contributed by atoms with E-state index in [-0.39, 0.29) is 18.0 Å². The number of rotatable bonds is 4. The molecule has 4 atom stereocenters. The quantitative estimate of drug-likeness (QED) is 0.874. The number of aryl methyl sites for hydroxylation is 1. The van der Waals surface area contributed by atoms with Gasteiger partial charge in [0, 0.05) is 11.6 Å². The molecule has 1 aliphatic rings. The fourth-order valence-corrected chi connectivity index (χ4v) is 3.05. The van der Waals surface area contributed by atoms with Crippen molar-refractivity contribution in [3.63, 3.8) is 0 Å². The van der Waals surface area contributed by atoms with Gasteiger partial charge in [0.15, 0.2) is 0 Å². The fraction of sp³-hybridized carbons (Fsp3) is 0.667. The summed E-state index contributed by atoms with van der Waals surface area (Å²) in [4.78, 5) is 0. The Bertz CT molecular complexity index is 488. The standard InChI is InChI=1S/C18H28FNO/c1-11-6-7-15(8-12(11)2)21-18-9-13(3)17(19)10-16(18)14(4)20-5/h9-12,14-15,20H,6-8H2,1-5H3. The van der Waals surface area contributed by atoms with Crippen LogP contribution in [0, 0.1) is 24.6 Å². The van der Waals surface area contributed by atoms with E-state index < -0.39 is 0 Å². The Hall–Kier alpha value is -1.09. The average Bonchev–Trinajstić information content (AvgIpc) is 2.45. The first kappa shape index (κ1) is 16.3. The number of ether oxygens (including phenoxy) is 1. The van der Waals surface area contributed by atoms with E-state index in [9.17, 15) is 4.39 Å². The van der Waals surface area contributed by atoms with Crippen molar-refractivity contribution in [2.75, 3.05) is 7.05 Å². The van der Waals surface area contributed by atoms with Gasteiger partial charge in [-0.05, 0) is 69.7 Å². The third-order valence-corrected chi connectivity index (χ3v) is 5.03. The molecular weight excluding hydrogens is 265 g/mol. The smallest absolute Gasteiger partial charge is 0.126 e. The van der Waals surface area contributed by atoms with Crippen LogP contribution in [0.5, 0.6) is 5.75 Å². The lowest BCUT2D eigenvalue weighted by Gasteiger charge is -2.33. The maximum Gasteiger partial charge on any atom is 0.126 e. The zero-order valence-electron chi connectivity index (χ0n) is 13.9. The molecule has 0 bridgehead atoms. The van der Waals surface area contributed by atoms with Gasteiger partial charge in [0.25, 0.3) is 0 Å². The second-order valence-corrected chi connectivity index (χ2v) is 6.66.